The minimum atomic E-state index is -0.805. The zero-order valence-corrected chi connectivity index (χ0v) is 20.9. The molecule has 1 aromatic heterocycles. The number of aliphatic hydroxyl groups excluding tert-OH is 1. The Kier molecular flexibility index (Phi) is 7.38. The van der Waals surface area contributed by atoms with Gasteiger partial charge in [0.2, 0.25) is 0 Å². The number of hydrogen-bond donors (Lipinski definition) is 1. The number of Topliss-reactive ketones (excluding diaryl/α,β-unsaturated/α-hetero) is 1. The topological polar surface area (TPSA) is 89.0 Å². The zero-order valence-electron chi connectivity index (χ0n) is 20.9. The first-order chi connectivity index (χ1) is 17.3. The van der Waals surface area contributed by atoms with Gasteiger partial charge in [-0.3, -0.25) is 14.6 Å². The maximum absolute atomic E-state index is 13.3. The van der Waals surface area contributed by atoms with E-state index in [0.29, 0.717) is 35.2 Å². The predicted octanol–water partition coefficient (Wildman–Crippen LogP) is 5.06. The summed E-state index contributed by atoms with van der Waals surface area (Å²) in [5.41, 5.74) is 2.66. The molecule has 0 aliphatic carbocycles. The third kappa shape index (κ3) is 4.96. The first-order valence-corrected chi connectivity index (χ1v) is 11.9. The number of likely N-dealkylation sites (tertiary alicyclic amines) is 1. The van der Waals surface area contributed by atoms with Crippen molar-refractivity contribution in [1.29, 1.82) is 0 Å². The van der Waals surface area contributed by atoms with Gasteiger partial charge < -0.3 is 19.5 Å². The molecule has 3 aromatic rings. The third-order valence-corrected chi connectivity index (χ3v) is 6.09. The number of rotatable bonds is 8. The number of ketones is 1. The fourth-order valence-electron chi connectivity index (χ4n) is 4.32. The number of amides is 1. The van der Waals surface area contributed by atoms with Gasteiger partial charge in [-0.2, -0.15) is 0 Å². The van der Waals surface area contributed by atoms with E-state index >= 15 is 0 Å². The highest BCUT2D eigenvalue weighted by Gasteiger charge is 2.46. The van der Waals surface area contributed by atoms with E-state index in [1.54, 1.807) is 55.9 Å². The second kappa shape index (κ2) is 10.6. The summed E-state index contributed by atoms with van der Waals surface area (Å²) in [5.74, 6) is 0.0241. The number of para-hydroxylation sites is 1. The van der Waals surface area contributed by atoms with Crippen LogP contribution in [0.15, 0.2) is 72.6 Å². The van der Waals surface area contributed by atoms with Crippen molar-refractivity contribution in [2.75, 3.05) is 13.7 Å². The molecule has 1 saturated heterocycles. The Morgan fingerprint density at radius 3 is 2.53 bits per heavy atom. The molecule has 0 radical (unpaired) electrons. The van der Waals surface area contributed by atoms with E-state index in [1.807, 2.05) is 25.1 Å². The van der Waals surface area contributed by atoms with E-state index in [-0.39, 0.29) is 17.9 Å². The summed E-state index contributed by atoms with van der Waals surface area (Å²) in [7, 11) is 1.56. The Balaban J connectivity index is 1.79. The van der Waals surface area contributed by atoms with E-state index in [9.17, 15) is 14.7 Å². The zero-order chi connectivity index (χ0) is 25.8. The number of methoxy groups -OCH3 is 1. The average molecular weight is 487 g/mol. The van der Waals surface area contributed by atoms with Crippen LogP contribution in [-0.4, -0.2) is 40.4 Å². The molecule has 1 aliphatic heterocycles. The van der Waals surface area contributed by atoms with Crippen molar-refractivity contribution in [2.24, 2.45) is 5.92 Å². The molecule has 2 aromatic carbocycles. The summed E-state index contributed by atoms with van der Waals surface area (Å²) < 4.78 is 11.3. The van der Waals surface area contributed by atoms with Crippen molar-refractivity contribution in [2.45, 2.75) is 33.4 Å². The highest BCUT2D eigenvalue weighted by atomic mass is 16.5. The number of aryl methyl sites for hydroxylation is 1. The van der Waals surface area contributed by atoms with Crippen LogP contribution in [0.3, 0.4) is 0 Å². The lowest BCUT2D eigenvalue weighted by Crippen LogP contribution is -2.29. The van der Waals surface area contributed by atoms with Crippen LogP contribution in [0.2, 0.25) is 0 Å². The predicted molar refractivity (Wildman–Crippen MR) is 137 cm³/mol. The van der Waals surface area contributed by atoms with Gasteiger partial charge in [-0.15, -0.1) is 0 Å². The normalized spacial score (nSPS) is 17.0. The van der Waals surface area contributed by atoms with Crippen molar-refractivity contribution >= 4 is 17.4 Å². The van der Waals surface area contributed by atoms with Crippen molar-refractivity contribution in [1.82, 2.24) is 9.88 Å². The quantitative estimate of drug-likeness (QED) is 0.272. The fourth-order valence-corrected chi connectivity index (χ4v) is 4.32. The number of ether oxygens (including phenoxy) is 2. The van der Waals surface area contributed by atoms with Crippen LogP contribution in [0.25, 0.3) is 5.76 Å². The van der Waals surface area contributed by atoms with Gasteiger partial charge in [0, 0.05) is 23.5 Å². The van der Waals surface area contributed by atoms with Crippen molar-refractivity contribution < 1.29 is 24.2 Å². The summed E-state index contributed by atoms with van der Waals surface area (Å²) in [6.45, 7) is 6.72. The Morgan fingerprint density at radius 1 is 1.08 bits per heavy atom. The van der Waals surface area contributed by atoms with Crippen molar-refractivity contribution in [3.05, 3.63) is 94.8 Å². The van der Waals surface area contributed by atoms with E-state index in [2.05, 4.69) is 18.8 Å². The van der Waals surface area contributed by atoms with Crippen LogP contribution in [0.4, 0.5) is 0 Å². The van der Waals surface area contributed by atoms with Gasteiger partial charge >= 0.3 is 0 Å². The standard InChI is InChI=1S/C29H30N2O5/c1-18(2)17-36-23-12-11-20(14-19(23)3)27(32)25-26(21-9-7-13-30-15-21)31(29(34)28(25)33)16-22-8-5-6-10-24(22)35-4/h5-15,18,26,32H,16-17H2,1-4H3/b27-25-. The number of aromatic nitrogens is 1. The number of carbonyl (C=O) groups excluding carboxylic acids is 2. The molecule has 0 saturated carbocycles. The lowest BCUT2D eigenvalue weighted by molar-refractivity contribution is -0.140. The third-order valence-electron chi connectivity index (χ3n) is 6.09. The van der Waals surface area contributed by atoms with Crippen LogP contribution < -0.4 is 9.47 Å². The Bertz CT molecular complexity index is 1300. The van der Waals surface area contributed by atoms with E-state index in [1.165, 1.54) is 4.90 Å². The molecule has 186 valence electrons. The molecule has 1 aliphatic rings. The van der Waals surface area contributed by atoms with Crippen LogP contribution in [-0.2, 0) is 16.1 Å². The maximum Gasteiger partial charge on any atom is 0.295 e. The van der Waals surface area contributed by atoms with E-state index in [0.717, 1.165) is 11.1 Å². The van der Waals surface area contributed by atoms with Crippen LogP contribution in [0.1, 0.15) is 42.1 Å². The molecule has 0 bridgehead atoms. The number of aliphatic hydroxyl groups is 1. The first kappa shape index (κ1) is 25.0. The molecule has 1 fully saturated rings. The molecule has 7 heteroatoms. The second-order valence-corrected chi connectivity index (χ2v) is 9.21. The molecule has 1 N–H and O–H groups in total. The SMILES string of the molecule is COc1ccccc1CN1C(=O)C(=O)/C(=C(\O)c2ccc(OCC(C)C)c(C)c2)C1c1cccnc1. The highest BCUT2D eigenvalue weighted by Crippen LogP contribution is 2.41. The smallest absolute Gasteiger partial charge is 0.295 e. The molecule has 2 heterocycles. The van der Waals surface area contributed by atoms with Crippen molar-refractivity contribution in [3.63, 3.8) is 0 Å². The maximum atomic E-state index is 13.3. The number of hydrogen-bond acceptors (Lipinski definition) is 6. The molecule has 4 rings (SSSR count). The molecule has 36 heavy (non-hydrogen) atoms. The molecule has 0 spiro atoms. The number of benzene rings is 2. The van der Waals surface area contributed by atoms with Crippen LogP contribution in [0.5, 0.6) is 11.5 Å². The first-order valence-electron chi connectivity index (χ1n) is 11.9. The largest absolute Gasteiger partial charge is 0.507 e. The lowest BCUT2D eigenvalue weighted by Gasteiger charge is -2.26. The Labute approximate surface area is 211 Å². The summed E-state index contributed by atoms with van der Waals surface area (Å²) in [5, 5.41) is 11.4. The Hall–Kier alpha value is -4.13. The molecule has 1 unspecified atom stereocenters. The lowest BCUT2D eigenvalue weighted by atomic mass is 9.95. The van der Waals surface area contributed by atoms with Gasteiger partial charge in [-0.1, -0.05) is 38.1 Å². The minimum Gasteiger partial charge on any atom is -0.507 e. The number of carbonyl (C=O) groups is 2. The molecule has 7 nitrogen and oxygen atoms in total. The molecular formula is C29H30N2O5. The van der Waals surface area contributed by atoms with Crippen LogP contribution >= 0.6 is 0 Å². The Morgan fingerprint density at radius 2 is 1.86 bits per heavy atom. The summed E-state index contributed by atoms with van der Waals surface area (Å²) in [4.78, 5) is 32.2. The van der Waals surface area contributed by atoms with Gasteiger partial charge in [-0.05, 0) is 54.3 Å². The summed E-state index contributed by atoms with van der Waals surface area (Å²) >= 11 is 0. The minimum absolute atomic E-state index is 0.0261. The average Bonchev–Trinajstić information content (AvgIpc) is 3.13. The number of pyridine rings is 1. The molecule has 1 amide bonds. The van der Waals surface area contributed by atoms with Crippen LogP contribution in [0, 0.1) is 12.8 Å². The molecular weight excluding hydrogens is 456 g/mol. The van der Waals surface area contributed by atoms with E-state index < -0.39 is 17.7 Å². The fraction of sp³-hybridized carbons (Fsp3) is 0.276. The van der Waals surface area contributed by atoms with Gasteiger partial charge in [0.05, 0.1) is 31.9 Å². The monoisotopic (exact) mass is 486 g/mol. The van der Waals surface area contributed by atoms with Gasteiger partial charge in [-0.25, -0.2) is 0 Å². The van der Waals surface area contributed by atoms with Gasteiger partial charge in [0.15, 0.2) is 0 Å². The molecule has 1 atom stereocenters. The second-order valence-electron chi connectivity index (χ2n) is 9.21. The summed E-state index contributed by atoms with van der Waals surface area (Å²) in [6, 6.07) is 15.3. The highest BCUT2D eigenvalue weighted by molar-refractivity contribution is 6.46. The summed E-state index contributed by atoms with van der Waals surface area (Å²) in [6.07, 6.45) is 3.22. The number of nitrogens with zero attached hydrogens (tertiary/aromatic N) is 2. The van der Waals surface area contributed by atoms with E-state index in [4.69, 9.17) is 9.47 Å². The van der Waals surface area contributed by atoms with Gasteiger partial charge in [0.1, 0.15) is 17.3 Å². The van der Waals surface area contributed by atoms with Crippen molar-refractivity contribution in [3.8, 4) is 11.5 Å². The van der Waals surface area contributed by atoms with Gasteiger partial charge in [0.25, 0.3) is 11.7 Å².